The van der Waals surface area contributed by atoms with E-state index in [1.807, 2.05) is 35.2 Å². The highest BCUT2D eigenvalue weighted by atomic mass is 32.1. The van der Waals surface area contributed by atoms with Gasteiger partial charge in [0.2, 0.25) is 0 Å². The maximum atomic E-state index is 11.2. The van der Waals surface area contributed by atoms with E-state index in [2.05, 4.69) is 10.3 Å². The minimum absolute atomic E-state index is 0.291. The van der Waals surface area contributed by atoms with Crippen LogP contribution in [0.15, 0.2) is 42.7 Å². The largest absolute Gasteiger partial charge is 0.478 e. The molecular weight excluding hydrogens is 298 g/mol. The fraction of sp³-hybridized carbons (Fsp3) is 0.188. The molecule has 1 aromatic carbocycles. The predicted octanol–water partition coefficient (Wildman–Crippen LogP) is 2.53. The number of carbonyl (C=O) groups is 1. The Morgan fingerprint density at radius 1 is 1.27 bits per heavy atom. The lowest BCUT2D eigenvalue weighted by Crippen LogP contribution is -2.39. The van der Waals surface area contributed by atoms with Crippen molar-refractivity contribution in [1.29, 1.82) is 0 Å². The zero-order valence-corrected chi connectivity index (χ0v) is 12.6. The van der Waals surface area contributed by atoms with Crippen molar-refractivity contribution in [3.63, 3.8) is 0 Å². The zero-order chi connectivity index (χ0) is 15.5. The molecule has 1 aliphatic rings. The molecule has 0 unspecified atom stereocenters. The number of nitrogens with one attached hydrogen (secondary N) is 1. The predicted molar refractivity (Wildman–Crippen MR) is 88.0 cm³/mol. The molecule has 0 spiro atoms. The van der Waals surface area contributed by atoms with Crippen LogP contribution in [0.25, 0.3) is 0 Å². The van der Waals surface area contributed by atoms with Gasteiger partial charge in [-0.1, -0.05) is 18.2 Å². The number of hydrogen-bond donors (Lipinski definition) is 2. The SMILES string of the molecule is O=C(O)c1cncc2c1CCN(C(=S)Nc1ccccc1)C2. The number of nitrogens with zero attached hydrogens (tertiary/aromatic N) is 2. The smallest absolute Gasteiger partial charge is 0.337 e. The number of aromatic carboxylic acids is 1. The van der Waals surface area contributed by atoms with Gasteiger partial charge in [-0.05, 0) is 41.9 Å². The number of anilines is 1. The van der Waals surface area contributed by atoms with E-state index in [1.54, 1.807) is 6.20 Å². The van der Waals surface area contributed by atoms with E-state index in [0.717, 1.165) is 16.8 Å². The van der Waals surface area contributed by atoms with Gasteiger partial charge in [0.15, 0.2) is 5.11 Å². The average Bonchev–Trinajstić information content (AvgIpc) is 2.54. The van der Waals surface area contributed by atoms with E-state index in [0.29, 0.717) is 30.2 Å². The number of rotatable bonds is 2. The van der Waals surface area contributed by atoms with E-state index in [4.69, 9.17) is 12.2 Å². The van der Waals surface area contributed by atoms with Gasteiger partial charge in [0, 0.05) is 31.2 Å². The molecule has 0 amide bonds. The Balaban J connectivity index is 1.76. The quantitative estimate of drug-likeness (QED) is 0.831. The van der Waals surface area contributed by atoms with E-state index >= 15 is 0 Å². The van der Waals surface area contributed by atoms with Crippen LogP contribution >= 0.6 is 12.2 Å². The van der Waals surface area contributed by atoms with Crippen LogP contribution in [0.2, 0.25) is 0 Å². The molecule has 6 heteroatoms. The lowest BCUT2D eigenvalue weighted by Gasteiger charge is -2.31. The molecular formula is C16H15N3O2S. The van der Waals surface area contributed by atoms with Crippen molar-refractivity contribution < 1.29 is 9.90 Å². The molecule has 5 nitrogen and oxygen atoms in total. The number of aromatic nitrogens is 1. The Bertz CT molecular complexity index is 719. The number of fused-ring (bicyclic) bond motifs is 1. The highest BCUT2D eigenvalue weighted by Gasteiger charge is 2.23. The third kappa shape index (κ3) is 2.92. The van der Waals surface area contributed by atoms with Crippen molar-refractivity contribution in [1.82, 2.24) is 9.88 Å². The van der Waals surface area contributed by atoms with E-state index in [-0.39, 0.29) is 0 Å². The molecule has 0 radical (unpaired) electrons. The first-order chi connectivity index (χ1) is 10.6. The van der Waals surface area contributed by atoms with Crippen LogP contribution in [-0.2, 0) is 13.0 Å². The fourth-order valence-electron chi connectivity index (χ4n) is 2.58. The molecule has 2 heterocycles. The van der Waals surface area contributed by atoms with E-state index in [1.165, 1.54) is 6.20 Å². The summed E-state index contributed by atoms with van der Waals surface area (Å²) in [6, 6.07) is 9.74. The van der Waals surface area contributed by atoms with Gasteiger partial charge < -0.3 is 15.3 Å². The Morgan fingerprint density at radius 3 is 2.77 bits per heavy atom. The number of hydrogen-bond acceptors (Lipinski definition) is 3. The molecule has 0 bridgehead atoms. The van der Waals surface area contributed by atoms with Crippen molar-refractivity contribution in [2.75, 3.05) is 11.9 Å². The van der Waals surface area contributed by atoms with Crippen LogP contribution in [0, 0.1) is 0 Å². The normalized spacial score (nSPS) is 13.4. The molecule has 0 atom stereocenters. The molecule has 112 valence electrons. The van der Waals surface area contributed by atoms with Gasteiger partial charge in [-0.3, -0.25) is 4.98 Å². The molecule has 2 aromatic rings. The molecule has 0 saturated heterocycles. The second kappa shape index (κ2) is 6.11. The maximum Gasteiger partial charge on any atom is 0.337 e. The van der Waals surface area contributed by atoms with Gasteiger partial charge in [-0.15, -0.1) is 0 Å². The highest BCUT2D eigenvalue weighted by molar-refractivity contribution is 7.80. The van der Waals surface area contributed by atoms with Crippen LogP contribution in [0.5, 0.6) is 0 Å². The minimum atomic E-state index is -0.928. The number of thiocarbonyl (C=S) groups is 1. The van der Waals surface area contributed by atoms with Gasteiger partial charge in [0.1, 0.15) is 0 Å². The first kappa shape index (κ1) is 14.5. The molecule has 3 rings (SSSR count). The summed E-state index contributed by atoms with van der Waals surface area (Å²) in [5.41, 5.74) is 3.01. The summed E-state index contributed by atoms with van der Waals surface area (Å²) in [4.78, 5) is 17.3. The molecule has 0 saturated carbocycles. The highest BCUT2D eigenvalue weighted by Crippen LogP contribution is 2.22. The van der Waals surface area contributed by atoms with Crippen LogP contribution in [0.3, 0.4) is 0 Å². The number of carboxylic acids is 1. The Labute approximate surface area is 133 Å². The lowest BCUT2D eigenvalue weighted by atomic mass is 9.97. The second-order valence-electron chi connectivity index (χ2n) is 5.10. The number of pyridine rings is 1. The van der Waals surface area contributed by atoms with Gasteiger partial charge >= 0.3 is 5.97 Å². The van der Waals surface area contributed by atoms with Gasteiger partial charge in [-0.25, -0.2) is 4.79 Å². The van der Waals surface area contributed by atoms with E-state index in [9.17, 15) is 9.90 Å². The maximum absolute atomic E-state index is 11.2. The van der Waals surface area contributed by atoms with Crippen molar-refractivity contribution in [2.24, 2.45) is 0 Å². The van der Waals surface area contributed by atoms with Crippen molar-refractivity contribution >= 4 is 29.0 Å². The first-order valence-electron chi connectivity index (χ1n) is 6.95. The number of carboxylic acid groups (broad SMARTS) is 1. The number of para-hydroxylation sites is 1. The molecule has 0 aliphatic carbocycles. The average molecular weight is 313 g/mol. The molecule has 1 aromatic heterocycles. The first-order valence-corrected chi connectivity index (χ1v) is 7.36. The van der Waals surface area contributed by atoms with E-state index < -0.39 is 5.97 Å². The van der Waals surface area contributed by atoms with Crippen LogP contribution in [0.4, 0.5) is 5.69 Å². The molecule has 1 aliphatic heterocycles. The van der Waals surface area contributed by atoms with Crippen LogP contribution < -0.4 is 5.32 Å². The third-order valence-corrected chi connectivity index (χ3v) is 4.04. The summed E-state index contributed by atoms with van der Waals surface area (Å²) >= 11 is 5.45. The fourth-order valence-corrected chi connectivity index (χ4v) is 2.85. The van der Waals surface area contributed by atoms with Crippen molar-refractivity contribution in [3.05, 3.63) is 59.4 Å². The zero-order valence-electron chi connectivity index (χ0n) is 11.8. The topological polar surface area (TPSA) is 65.5 Å². The van der Waals surface area contributed by atoms with Crippen LogP contribution in [-0.4, -0.2) is 32.6 Å². The third-order valence-electron chi connectivity index (χ3n) is 3.68. The van der Waals surface area contributed by atoms with Gasteiger partial charge in [-0.2, -0.15) is 0 Å². The van der Waals surface area contributed by atoms with Crippen molar-refractivity contribution in [2.45, 2.75) is 13.0 Å². The monoisotopic (exact) mass is 313 g/mol. The van der Waals surface area contributed by atoms with Gasteiger partial charge in [0.25, 0.3) is 0 Å². The Hall–Kier alpha value is -2.47. The summed E-state index contributed by atoms with van der Waals surface area (Å²) in [5, 5.41) is 13.1. The Morgan fingerprint density at radius 2 is 2.05 bits per heavy atom. The molecule has 22 heavy (non-hydrogen) atoms. The second-order valence-corrected chi connectivity index (χ2v) is 5.48. The summed E-state index contributed by atoms with van der Waals surface area (Å²) in [6.07, 6.45) is 3.78. The van der Waals surface area contributed by atoms with Gasteiger partial charge in [0.05, 0.1) is 5.56 Å². The number of benzene rings is 1. The molecule has 2 N–H and O–H groups in total. The summed E-state index contributed by atoms with van der Waals surface area (Å²) in [5.74, 6) is -0.928. The summed E-state index contributed by atoms with van der Waals surface area (Å²) in [6.45, 7) is 1.26. The Kier molecular flexibility index (Phi) is 4.02. The lowest BCUT2D eigenvalue weighted by molar-refractivity contribution is 0.0694. The van der Waals surface area contributed by atoms with Crippen LogP contribution in [0.1, 0.15) is 21.5 Å². The van der Waals surface area contributed by atoms with Crippen molar-refractivity contribution in [3.8, 4) is 0 Å². The molecule has 0 fully saturated rings. The summed E-state index contributed by atoms with van der Waals surface area (Å²) < 4.78 is 0. The minimum Gasteiger partial charge on any atom is -0.478 e. The standard InChI is InChI=1S/C16H15N3O2S/c20-15(21)14-9-17-8-11-10-19(7-6-13(11)14)16(22)18-12-4-2-1-3-5-12/h1-5,8-9H,6-7,10H2,(H,18,22)(H,20,21). The summed E-state index contributed by atoms with van der Waals surface area (Å²) in [7, 11) is 0.